The maximum atomic E-state index is 13.2. The van der Waals surface area contributed by atoms with Crippen molar-refractivity contribution in [3.05, 3.63) is 95.3 Å². The lowest BCUT2D eigenvalue weighted by Gasteiger charge is -2.28. The van der Waals surface area contributed by atoms with Crippen LogP contribution in [0.4, 0.5) is 0 Å². The van der Waals surface area contributed by atoms with Gasteiger partial charge in [-0.2, -0.15) is 9.57 Å². The summed E-state index contributed by atoms with van der Waals surface area (Å²) >= 11 is 0. The third-order valence-electron chi connectivity index (χ3n) is 5.23. The molecule has 0 N–H and O–H groups in total. The molecule has 2 aromatic carbocycles. The molecule has 6 nitrogen and oxygen atoms in total. The first kappa shape index (κ1) is 20.0. The van der Waals surface area contributed by atoms with Crippen molar-refractivity contribution in [1.82, 2.24) is 9.29 Å². The summed E-state index contributed by atoms with van der Waals surface area (Å²) < 4.78 is 27.9. The molecule has 0 radical (unpaired) electrons. The van der Waals surface area contributed by atoms with Crippen LogP contribution in [0.2, 0.25) is 0 Å². The van der Waals surface area contributed by atoms with Gasteiger partial charge in [0.15, 0.2) is 11.7 Å². The highest BCUT2D eigenvalue weighted by Gasteiger charge is 2.30. The topological polar surface area (TPSA) is 91.1 Å². The van der Waals surface area contributed by atoms with E-state index in [1.165, 1.54) is 34.8 Å². The molecule has 7 heteroatoms. The van der Waals surface area contributed by atoms with Crippen molar-refractivity contribution >= 4 is 15.8 Å². The molecule has 0 spiro atoms. The molecule has 0 amide bonds. The van der Waals surface area contributed by atoms with Crippen LogP contribution in [0.1, 0.15) is 33.1 Å². The van der Waals surface area contributed by atoms with E-state index in [0.29, 0.717) is 25.2 Å². The van der Waals surface area contributed by atoms with Crippen molar-refractivity contribution in [3.8, 4) is 6.07 Å². The first-order valence-corrected chi connectivity index (χ1v) is 11.0. The molecule has 0 saturated carbocycles. The number of sulfonamides is 1. The van der Waals surface area contributed by atoms with Crippen molar-refractivity contribution in [2.45, 2.75) is 23.8 Å². The van der Waals surface area contributed by atoms with Crippen molar-refractivity contribution < 1.29 is 13.2 Å². The summed E-state index contributed by atoms with van der Waals surface area (Å²) in [6.45, 7) is 0.678. The van der Waals surface area contributed by atoms with Gasteiger partial charge in [-0.15, -0.1) is 0 Å². The lowest BCUT2D eigenvalue weighted by molar-refractivity contribution is 0.0977. The van der Waals surface area contributed by atoms with Crippen LogP contribution in [0.3, 0.4) is 0 Å². The number of Topliss-reactive ketones (excluding diaryl/α,β-unsaturated/α-hetero) is 1. The molecule has 1 aliphatic rings. The van der Waals surface area contributed by atoms with E-state index in [1.807, 2.05) is 30.3 Å². The van der Waals surface area contributed by atoms with E-state index in [-0.39, 0.29) is 10.5 Å². The summed E-state index contributed by atoms with van der Waals surface area (Å²) in [4.78, 5) is 17.1. The Morgan fingerprint density at radius 3 is 2.53 bits per heavy atom. The molecular formula is C23H19N3O3S. The first-order valence-electron chi connectivity index (χ1n) is 9.52. The Labute approximate surface area is 175 Å². The molecule has 1 atom stereocenters. The molecule has 1 aromatic heterocycles. The molecule has 150 valence electrons. The van der Waals surface area contributed by atoms with Gasteiger partial charge in [-0.3, -0.25) is 9.78 Å². The van der Waals surface area contributed by atoms with Gasteiger partial charge in [-0.05, 0) is 41.8 Å². The minimum atomic E-state index is -3.78. The number of hydrogen-bond acceptors (Lipinski definition) is 5. The van der Waals surface area contributed by atoms with Crippen LogP contribution in [0.15, 0.2) is 77.8 Å². The summed E-state index contributed by atoms with van der Waals surface area (Å²) in [5, 5.41) is 9.50. The van der Waals surface area contributed by atoms with Crippen molar-refractivity contribution in [3.63, 3.8) is 0 Å². The highest BCUT2D eigenvalue weighted by Crippen LogP contribution is 2.26. The number of ketones is 1. The summed E-state index contributed by atoms with van der Waals surface area (Å²) in [6, 6.07) is 20.7. The van der Waals surface area contributed by atoms with Crippen LogP contribution in [-0.2, 0) is 23.0 Å². The molecule has 0 saturated heterocycles. The fraction of sp³-hybridized carbons (Fsp3) is 0.174. The average molecular weight is 417 g/mol. The number of benzene rings is 2. The maximum absolute atomic E-state index is 13.2. The van der Waals surface area contributed by atoms with Crippen LogP contribution in [0, 0.1) is 11.3 Å². The molecule has 1 aliphatic heterocycles. The highest BCUT2D eigenvalue weighted by atomic mass is 32.2. The van der Waals surface area contributed by atoms with Gasteiger partial charge in [-0.25, -0.2) is 8.42 Å². The van der Waals surface area contributed by atoms with E-state index in [1.54, 1.807) is 18.2 Å². The lowest BCUT2D eigenvalue weighted by Crippen LogP contribution is -2.36. The molecule has 1 unspecified atom stereocenters. The maximum Gasteiger partial charge on any atom is 0.243 e. The molecule has 4 rings (SSSR count). The van der Waals surface area contributed by atoms with Gasteiger partial charge >= 0.3 is 0 Å². The minimum Gasteiger partial charge on any atom is -0.292 e. The third-order valence-corrected chi connectivity index (χ3v) is 7.07. The number of nitrogens with zero attached hydrogens (tertiary/aromatic N) is 3. The number of hydrogen-bond donors (Lipinski definition) is 0. The Bertz CT molecular complexity index is 1230. The zero-order chi connectivity index (χ0) is 21.1. The zero-order valence-electron chi connectivity index (χ0n) is 16.1. The normalized spacial score (nSPS) is 15.0. The second kappa shape index (κ2) is 8.19. The highest BCUT2D eigenvalue weighted by molar-refractivity contribution is 7.89. The van der Waals surface area contributed by atoms with E-state index < -0.39 is 21.7 Å². The minimum absolute atomic E-state index is 0.0467. The number of carbonyl (C=O) groups is 1. The number of fused-ring (bicyclic) bond motifs is 1. The number of rotatable bonds is 5. The number of carbonyl (C=O) groups excluding carboxylic acids is 1. The number of aromatic nitrogens is 1. The van der Waals surface area contributed by atoms with Crippen LogP contribution < -0.4 is 0 Å². The predicted molar refractivity (Wildman–Crippen MR) is 111 cm³/mol. The Morgan fingerprint density at radius 2 is 1.80 bits per heavy atom. The Balaban J connectivity index is 1.63. The van der Waals surface area contributed by atoms with Crippen molar-refractivity contribution in [2.75, 3.05) is 6.54 Å². The largest absolute Gasteiger partial charge is 0.292 e. The fourth-order valence-electron chi connectivity index (χ4n) is 3.61. The summed E-state index contributed by atoms with van der Waals surface area (Å²) in [7, 11) is -3.78. The molecular weight excluding hydrogens is 398 g/mol. The Hall–Kier alpha value is -3.34. The van der Waals surface area contributed by atoms with Crippen molar-refractivity contribution in [2.24, 2.45) is 0 Å². The van der Waals surface area contributed by atoms with Gasteiger partial charge in [0.2, 0.25) is 10.0 Å². The standard InChI is InChI=1S/C23H19N3O3S/c24-15-21(22-10-3-4-12-25-22)23(27)18-8-5-9-20(14-18)30(28,29)26-13-11-17-6-1-2-7-19(17)16-26/h1-10,12,14,21H,11,13,16H2. The first-order chi connectivity index (χ1) is 14.5. The van der Waals surface area contributed by atoms with E-state index in [4.69, 9.17) is 0 Å². The van der Waals surface area contributed by atoms with Gasteiger partial charge in [0.1, 0.15) is 0 Å². The Kier molecular flexibility index (Phi) is 5.44. The van der Waals surface area contributed by atoms with Gasteiger partial charge in [0.05, 0.1) is 16.7 Å². The molecule has 0 aliphatic carbocycles. The van der Waals surface area contributed by atoms with E-state index >= 15 is 0 Å². The predicted octanol–water partition coefficient (Wildman–Crippen LogP) is 3.32. The van der Waals surface area contributed by atoms with E-state index in [2.05, 4.69) is 4.98 Å². The van der Waals surface area contributed by atoms with Crippen LogP contribution in [-0.4, -0.2) is 30.0 Å². The smallest absolute Gasteiger partial charge is 0.243 e. The van der Waals surface area contributed by atoms with Gasteiger partial charge in [0.25, 0.3) is 0 Å². The van der Waals surface area contributed by atoms with Crippen LogP contribution >= 0.6 is 0 Å². The molecule has 2 heterocycles. The summed E-state index contributed by atoms with van der Waals surface area (Å²) in [5.74, 6) is -1.57. The van der Waals surface area contributed by atoms with Crippen molar-refractivity contribution in [1.29, 1.82) is 5.26 Å². The van der Waals surface area contributed by atoms with Gasteiger partial charge < -0.3 is 0 Å². The second-order valence-corrected chi connectivity index (χ2v) is 9.00. The monoisotopic (exact) mass is 417 g/mol. The second-order valence-electron chi connectivity index (χ2n) is 7.07. The van der Waals surface area contributed by atoms with Crippen LogP contribution in [0.25, 0.3) is 0 Å². The molecule has 0 bridgehead atoms. The fourth-order valence-corrected chi connectivity index (χ4v) is 5.07. The van der Waals surface area contributed by atoms with E-state index in [0.717, 1.165) is 11.1 Å². The lowest BCUT2D eigenvalue weighted by atomic mass is 9.95. The molecule has 0 fully saturated rings. The quantitative estimate of drug-likeness (QED) is 0.594. The number of pyridine rings is 1. The van der Waals surface area contributed by atoms with Gasteiger partial charge in [-0.1, -0.05) is 42.5 Å². The third kappa shape index (κ3) is 3.75. The molecule has 30 heavy (non-hydrogen) atoms. The zero-order valence-corrected chi connectivity index (χ0v) is 16.9. The average Bonchev–Trinajstić information content (AvgIpc) is 2.80. The number of nitriles is 1. The summed E-state index contributed by atoms with van der Waals surface area (Å²) in [5.41, 5.74) is 2.65. The summed E-state index contributed by atoms with van der Waals surface area (Å²) in [6.07, 6.45) is 2.16. The Morgan fingerprint density at radius 1 is 1.03 bits per heavy atom. The van der Waals surface area contributed by atoms with Gasteiger partial charge in [0, 0.05) is 24.8 Å². The SMILES string of the molecule is N#CC(C(=O)c1cccc(S(=O)(=O)N2CCc3ccccc3C2)c1)c1ccccn1. The molecule has 3 aromatic rings. The van der Waals surface area contributed by atoms with E-state index in [9.17, 15) is 18.5 Å². The van der Waals surface area contributed by atoms with Crippen LogP contribution in [0.5, 0.6) is 0 Å².